The Labute approximate surface area is 148 Å². The molecule has 24 heavy (non-hydrogen) atoms. The second-order valence-electron chi connectivity index (χ2n) is 5.19. The van der Waals surface area contributed by atoms with Crippen LogP contribution < -0.4 is 10.5 Å². The lowest BCUT2D eigenvalue weighted by molar-refractivity contribution is 0.0996. The van der Waals surface area contributed by atoms with Gasteiger partial charge in [-0.05, 0) is 23.8 Å². The number of hydrogen-bond donors (Lipinski definition) is 1. The molecule has 0 saturated heterocycles. The third kappa shape index (κ3) is 4.13. The van der Waals surface area contributed by atoms with Gasteiger partial charge in [-0.25, -0.2) is 4.98 Å². The van der Waals surface area contributed by atoms with E-state index in [2.05, 4.69) is 17.1 Å². The first kappa shape index (κ1) is 16.5. The summed E-state index contributed by atoms with van der Waals surface area (Å²) in [5.41, 5.74) is 7.67. The van der Waals surface area contributed by atoms with Crippen LogP contribution in [-0.2, 0) is 13.0 Å². The maximum absolute atomic E-state index is 11.4. The molecule has 0 spiro atoms. The molecule has 0 atom stereocenters. The van der Waals surface area contributed by atoms with Crippen LogP contribution in [0, 0.1) is 0 Å². The lowest BCUT2D eigenvalue weighted by Crippen LogP contribution is -2.13. The average molecular weight is 359 g/mol. The van der Waals surface area contributed by atoms with E-state index in [1.807, 2.05) is 23.6 Å². The van der Waals surface area contributed by atoms with Gasteiger partial charge in [0.1, 0.15) is 12.4 Å². The molecule has 0 aliphatic heterocycles. The van der Waals surface area contributed by atoms with E-state index in [9.17, 15) is 4.79 Å². The summed E-state index contributed by atoms with van der Waals surface area (Å²) in [5, 5.41) is 3.45. The number of carbonyl (C=O) groups is 1. The largest absolute Gasteiger partial charge is 0.486 e. The summed E-state index contributed by atoms with van der Waals surface area (Å²) in [6.45, 7) is 0.256. The zero-order valence-corrected chi connectivity index (χ0v) is 14.3. The highest BCUT2D eigenvalue weighted by atomic mass is 35.5. The van der Waals surface area contributed by atoms with Crippen LogP contribution in [-0.4, -0.2) is 10.9 Å². The van der Waals surface area contributed by atoms with Crippen molar-refractivity contribution in [2.24, 2.45) is 5.73 Å². The fourth-order valence-corrected chi connectivity index (χ4v) is 3.21. The van der Waals surface area contributed by atoms with Crippen LogP contribution in [0.15, 0.2) is 53.9 Å². The Hall–Kier alpha value is -2.37. The van der Waals surface area contributed by atoms with Gasteiger partial charge in [-0.2, -0.15) is 0 Å². The Morgan fingerprint density at radius 1 is 1.21 bits per heavy atom. The van der Waals surface area contributed by atoms with E-state index in [0.29, 0.717) is 16.3 Å². The van der Waals surface area contributed by atoms with Gasteiger partial charge in [-0.1, -0.05) is 41.9 Å². The Balaban J connectivity index is 1.68. The normalized spacial score (nSPS) is 10.5. The number of aromatic nitrogens is 1. The van der Waals surface area contributed by atoms with Gasteiger partial charge in [0, 0.05) is 16.8 Å². The predicted octanol–water partition coefficient (Wildman–Crippen LogP) is 4.07. The van der Waals surface area contributed by atoms with E-state index in [4.69, 9.17) is 22.1 Å². The Morgan fingerprint density at radius 3 is 2.75 bits per heavy atom. The fraction of sp³-hybridized carbons (Fsp3) is 0.111. The molecule has 0 bridgehead atoms. The van der Waals surface area contributed by atoms with Gasteiger partial charge in [0.05, 0.1) is 16.3 Å². The third-order valence-electron chi connectivity index (χ3n) is 3.38. The molecule has 3 rings (SSSR count). The van der Waals surface area contributed by atoms with Crippen molar-refractivity contribution < 1.29 is 9.53 Å². The Kier molecular flexibility index (Phi) is 5.13. The van der Waals surface area contributed by atoms with Gasteiger partial charge >= 0.3 is 0 Å². The Bertz CT molecular complexity index is 849. The van der Waals surface area contributed by atoms with Crippen molar-refractivity contribution in [1.82, 2.24) is 4.98 Å². The maximum atomic E-state index is 11.4. The van der Waals surface area contributed by atoms with Crippen LogP contribution >= 0.6 is 22.9 Å². The van der Waals surface area contributed by atoms with E-state index in [1.54, 1.807) is 29.5 Å². The molecule has 3 aromatic rings. The van der Waals surface area contributed by atoms with E-state index in [0.717, 1.165) is 17.1 Å². The molecule has 0 radical (unpaired) electrons. The monoisotopic (exact) mass is 358 g/mol. The third-order valence-corrected chi connectivity index (χ3v) is 4.51. The van der Waals surface area contributed by atoms with Crippen molar-refractivity contribution in [2.45, 2.75) is 13.0 Å². The molecule has 0 aliphatic carbocycles. The highest BCUT2D eigenvalue weighted by Gasteiger charge is 2.11. The maximum Gasteiger partial charge on any atom is 0.252 e. The summed E-state index contributed by atoms with van der Waals surface area (Å²) < 4.78 is 5.69. The number of carbonyl (C=O) groups excluding carboxylic acids is 1. The first-order valence-corrected chi connectivity index (χ1v) is 8.57. The molecule has 0 fully saturated rings. The Morgan fingerprint density at radius 2 is 2.00 bits per heavy atom. The van der Waals surface area contributed by atoms with E-state index in [1.165, 1.54) is 5.56 Å². The molecule has 1 amide bonds. The highest BCUT2D eigenvalue weighted by molar-refractivity contribution is 7.09. The van der Waals surface area contributed by atoms with Gasteiger partial charge < -0.3 is 10.5 Å². The fourth-order valence-electron chi connectivity index (χ4n) is 2.24. The van der Waals surface area contributed by atoms with Crippen molar-refractivity contribution in [3.8, 4) is 5.75 Å². The zero-order chi connectivity index (χ0) is 16.9. The zero-order valence-electron chi connectivity index (χ0n) is 12.7. The van der Waals surface area contributed by atoms with Gasteiger partial charge in [0.15, 0.2) is 0 Å². The molecule has 6 heteroatoms. The number of nitrogens with two attached hydrogens (primary N) is 1. The van der Waals surface area contributed by atoms with Crippen LogP contribution in [0.3, 0.4) is 0 Å². The van der Waals surface area contributed by atoms with Crippen LogP contribution in [0.4, 0.5) is 0 Å². The standard InChI is InChI=1S/C18H15ClN2O2S/c19-13-6-7-15(18(20)22)16(9-13)23-10-14-11-24-17(21-14)8-12-4-2-1-3-5-12/h1-7,9,11H,8,10H2,(H2,20,22). The number of primary amides is 1. The SMILES string of the molecule is NC(=O)c1ccc(Cl)cc1OCc1csc(Cc2ccccc2)n1. The second-order valence-corrected chi connectivity index (χ2v) is 6.57. The molecule has 1 aromatic heterocycles. The number of benzene rings is 2. The summed E-state index contributed by atoms with van der Waals surface area (Å²) in [6, 6.07) is 14.9. The minimum absolute atomic E-state index is 0.256. The van der Waals surface area contributed by atoms with Crippen molar-refractivity contribution in [3.63, 3.8) is 0 Å². The molecular formula is C18H15ClN2O2S. The van der Waals surface area contributed by atoms with Gasteiger partial charge in [-0.15, -0.1) is 11.3 Å². The molecule has 0 aliphatic rings. The summed E-state index contributed by atoms with van der Waals surface area (Å²) in [7, 11) is 0. The summed E-state index contributed by atoms with van der Waals surface area (Å²) in [5.74, 6) is -0.183. The number of thiazole rings is 1. The van der Waals surface area contributed by atoms with E-state index < -0.39 is 5.91 Å². The number of amides is 1. The van der Waals surface area contributed by atoms with Crippen molar-refractivity contribution in [1.29, 1.82) is 0 Å². The summed E-state index contributed by atoms with van der Waals surface area (Å²) in [4.78, 5) is 16.0. The minimum atomic E-state index is -0.551. The number of nitrogens with zero attached hydrogens (tertiary/aromatic N) is 1. The molecule has 122 valence electrons. The average Bonchev–Trinajstić information content (AvgIpc) is 3.01. The van der Waals surface area contributed by atoms with Crippen LogP contribution in [0.25, 0.3) is 0 Å². The van der Waals surface area contributed by atoms with Gasteiger partial charge in [-0.3, -0.25) is 4.79 Å². The van der Waals surface area contributed by atoms with Gasteiger partial charge in [0.25, 0.3) is 5.91 Å². The number of rotatable bonds is 6. The lowest BCUT2D eigenvalue weighted by atomic mass is 10.2. The molecular weight excluding hydrogens is 344 g/mol. The number of ether oxygens (including phenoxy) is 1. The molecule has 4 nitrogen and oxygen atoms in total. The van der Waals surface area contributed by atoms with E-state index >= 15 is 0 Å². The lowest BCUT2D eigenvalue weighted by Gasteiger charge is -2.08. The van der Waals surface area contributed by atoms with Crippen molar-refractivity contribution in [2.75, 3.05) is 0 Å². The molecule has 2 aromatic carbocycles. The predicted molar refractivity (Wildman–Crippen MR) is 95.7 cm³/mol. The summed E-state index contributed by atoms with van der Waals surface area (Å²) in [6.07, 6.45) is 0.787. The van der Waals surface area contributed by atoms with Crippen LogP contribution in [0.1, 0.15) is 26.6 Å². The quantitative estimate of drug-likeness (QED) is 0.722. The smallest absolute Gasteiger partial charge is 0.252 e. The summed E-state index contributed by atoms with van der Waals surface area (Å²) >= 11 is 7.54. The molecule has 0 saturated carbocycles. The van der Waals surface area contributed by atoms with E-state index in [-0.39, 0.29) is 6.61 Å². The highest BCUT2D eigenvalue weighted by Crippen LogP contribution is 2.24. The number of halogens is 1. The number of hydrogen-bond acceptors (Lipinski definition) is 4. The molecule has 1 heterocycles. The van der Waals surface area contributed by atoms with Crippen molar-refractivity contribution >= 4 is 28.8 Å². The first-order valence-electron chi connectivity index (χ1n) is 7.31. The molecule has 0 unspecified atom stereocenters. The van der Waals surface area contributed by atoms with Gasteiger partial charge in [0.2, 0.25) is 0 Å². The topological polar surface area (TPSA) is 65.2 Å². The first-order chi connectivity index (χ1) is 11.6. The van der Waals surface area contributed by atoms with Crippen molar-refractivity contribution in [3.05, 3.63) is 80.8 Å². The second kappa shape index (κ2) is 7.47. The van der Waals surface area contributed by atoms with Crippen LogP contribution in [0.2, 0.25) is 5.02 Å². The molecule has 2 N–H and O–H groups in total. The van der Waals surface area contributed by atoms with Crippen LogP contribution in [0.5, 0.6) is 5.75 Å². The minimum Gasteiger partial charge on any atom is -0.486 e.